The second kappa shape index (κ2) is 10.0. The first-order chi connectivity index (χ1) is 17.9. The maximum absolute atomic E-state index is 12.0. The fraction of sp³-hybridized carbons (Fsp3) is 0.214. The molecule has 0 unspecified atom stereocenters. The molecule has 0 bridgehead atoms. The number of nitro groups is 1. The van der Waals surface area contributed by atoms with Gasteiger partial charge in [0.2, 0.25) is 0 Å². The molecule has 3 heterocycles. The van der Waals surface area contributed by atoms with E-state index in [9.17, 15) is 10.1 Å². The lowest BCUT2D eigenvalue weighted by atomic mass is 9.96. The van der Waals surface area contributed by atoms with Gasteiger partial charge in [0.1, 0.15) is 11.4 Å². The van der Waals surface area contributed by atoms with Crippen LogP contribution in [0.3, 0.4) is 0 Å². The number of benzene rings is 2. The van der Waals surface area contributed by atoms with Crippen LogP contribution in [0.15, 0.2) is 79.0 Å². The average molecular weight is 514 g/mol. The Balaban J connectivity index is 1.65. The van der Waals surface area contributed by atoms with E-state index in [1.807, 2.05) is 54.8 Å². The third kappa shape index (κ3) is 4.53. The fourth-order valence-corrected chi connectivity index (χ4v) is 5.42. The van der Waals surface area contributed by atoms with Crippen LogP contribution in [0.5, 0.6) is 5.75 Å². The number of aryl methyl sites for hydroxylation is 1. The minimum Gasteiger partial charge on any atom is -0.496 e. The van der Waals surface area contributed by atoms with Crippen molar-refractivity contribution < 1.29 is 9.66 Å². The van der Waals surface area contributed by atoms with Crippen LogP contribution in [0.4, 0.5) is 5.69 Å². The van der Waals surface area contributed by atoms with Crippen LogP contribution in [-0.2, 0) is 6.54 Å². The number of hydrogen-bond acceptors (Lipinski definition) is 5. The summed E-state index contributed by atoms with van der Waals surface area (Å²) in [4.78, 5) is 18.4. The first-order valence-electron chi connectivity index (χ1n) is 11.9. The zero-order chi connectivity index (χ0) is 26.1. The molecule has 2 aromatic heterocycles. The minimum atomic E-state index is -0.374. The fourth-order valence-electron chi connectivity index (χ4n) is 5.12. The molecule has 2 aromatic carbocycles. The van der Waals surface area contributed by atoms with E-state index >= 15 is 0 Å². The van der Waals surface area contributed by atoms with Crippen molar-refractivity contribution in [2.45, 2.75) is 32.5 Å². The van der Waals surface area contributed by atoms with Gasteiger partial charge in [0.15, 0.2) is 5.11 Å². The second-order valence-corrected chi connectivity index (χ2v) is 9.40. The maximum Gasteiger partial charge on any atom is 0.296 e. The summed E-state index contributed by atoms with van der Waals surface area (Å²) in [7, 11) is 1.50. The first-order valence-corrected chi connectivity index (χ1v) is 12.3. The molecule has 1 aliphatic rings. The van der Waals surface area contributed by atoms with E-state index in [0.717, 1.165) is 28.2 Å². The first kappa shape index (κ1) is 24.5. The van der Waals surface area contributed by atoms with Crippen LogP contribution in [0, 0.1) is 24.0 Å². The summed E-state index contributed by atoms with van der Waals surface area (Å²) in [6.07, 6.45) is 1.78. The molecule has 0 spiro atoms. The third-order valence-electron chi connectivity index (χ3n) is 6.80. The largest absolute Gasteiger partial charge is 0.496 e. The van der Waals surface area contributed by atoms with Gasteiger partial charge in [-0.15, -0.1) is 0 Å². The van der Waals surface area contributed by atoms with Gasteiger partial charge < -0.3 is 19.5 Å². The topological polar surface area (TPSA) is 85.5 Å². The summed E-state index contributed by atoms with van der Waals surface area (Å²) in [6, 6.07) is 22.7. The van der Waals surface area contributed by atoms with Gasteiger partial charge in [-0.05, 0) is 67.5 Å². The van der Waals surface area contributed by atoms with Crippen molar-refractivity contribution >= 4 is 23.0 Å². The highest BCUT2D eigenvalue weighted by Crippen LogP contribution is 2.43. The molecule has 0 radical (unpaired) electrons. The van der Waals surface area contributed by atoms with Crippen molar-refractivity contribution in [3.63, 3.8) is 0 Å². The predicted molar refractivity (Wildman–Crippen MR) is 146 cm³/mol. The number of nitro benzene ring substituents is 1. The van der Waals surface area contributed by atoms with Gasteiger partial charge >= 0.3 is 0 Å². The smallest absolute Gasteiger partial charge is 0.296 e. The Labute approximate surface area is 220 Å². The zero-order valence-corrected chi connectivity index (χ0v) is 21.6. The van der Waals surface area contributed by atoms with Crippen molar-refractivity contribution in [1.82, 2.24) is 19.8 Å². The van der Waals surface area contributed by atoms with Crippen LogP contribution < -0.4 is 10.1 Å². The number of nitrogens with one attached hydrogen (secondary N) is 1. The van der Waals surface area contributed by atoms with Gasteiger partial charge in [0.25, 0.3) is 5.69 Å². The molecule has 188 valence electrons. The van der Waals surface area contributed by atoms with Crippen molar-refractivity contribution in [1.29, 1.82) is 0 Å². The van der Waals surface area contributed by atoms with E-state index in [0.29, 0.717) is 23.1 Å². The number of thiocarbonyl (C=S) groups is 1. The molecule has 1 aliphatic heterocycles. The maximum atomic E-state index is 12.0. The Morgan fingerprint density at radius 1 is 1.08 bits per heavy atom. The highest BCUT2D eigenvalue weighted by molar-refractivity contribution is 7.80. The number of hydrogen-bond donors (Lipinski definition) is 1. The molecule has 0 amide bonds. The Bertz CT molecular complexity index is 1460. The Hall–Kier alpha value is -4.24. The number of rotatable bonds is 7. The quantitative estimate of drug-likeness (QED) is 0.196. The highest BCUT2D eigenvalue weighted by atomic mass is 32.1. The predicted octanol–water partition coefficient (Wildman–Crippen LogP) is 5.58. The summed E-state index contributed by atoms with van der Waals surface area (Å²) < 4.78 is 7.17. The molecule has 37 heavy (non-hydrogen) atoms. The number of aromatic nitrogens is 2. The molecule has 8 nitrogen and oxygen atoms in total. The van der Waals surface area contributed by atoms with Crippen LogP contribution in [0.25, 0.3) is 5.69 Å². The van der Waals surface area contributed by atoms with E-state index in [2.05, 4.69) is 33.4 Å². The molecule has 2 atom stereocenters. The normalized spacial score (nSPS) is 17.1. The number of pyridine rings is 1. The standard InChI is InChI=1S/C28H27N5O3S/c1-18-15-22(19(2)32(18)24-13-12-21(36-3)16-25(24)33(34)35)27-26(23-11-7-8-14-29-23)30-28(37)31(27)17-20-9-5-4-6-10-20/h4-16,26-27H,17H2,1-3H3,(H,30,37)/t26-,27-/m1/s1. The van der Waals surface area contributed by atoms with Gasteiger partial charge in [0.05, 0.1) is 35.9 Å². The number of nitrogens with zero attached hydrogens (tertiary/aromatic N) is 4. The van der Waals surface area contributed by atoms with Crippen molar-refractivity contribution in [3.8, 4) is 11.4 Å². The zero-order valence-electron chi connectivity index (χ0n) is 20.8. The molecule has 4 aromatic rings. The Morgan fingerprint density at radius 3 is 2.51 bits per heavy atom. The molecule has 0 aliphatic carbocycles. The summed E-state index contributed by atoms with van der Waals surface area (Å²) in [5.41, 5.74) is 5.31. The van der Waals surface area contributed by atoms with E-state index in [-0.39, 0.29) is 22.7 Å². The third-order valence-corrected chi connectivity index (χ3v) is 7.15. The van der Waals surface area contributed by atoms with Gasteiger partial charge in [0, 0.05) is 24.1 Å². The Kier molecular flexibility index (Phi) is 6.62. The molecule has 5 rings (SSSR count). The lowest BCUT2D eigenvalue weighted by Crippen LogP contribution is -2.29. The molecule has 0 saturated carbocycles. The molecular weight excluding hydrogens is 486 g/mol. The summed E-state index contributed by atoms with van der Waals surface area (Å²) in [6.45, 7) is 4.57. The summed E-state index contributed by atoms with van der Waals surface area (Å²) >= 11 is 5.83. The van der Waals surface area contributed by atoms with Gasteiger partial charge in [-0.3, -0.25) is 15.1 Å². The van der Waals surface area contributed by atoms with Gasteiger partial charge in [-0.2, -0.15) is 0 Å². The molecule has 1 N–H and O–H groups in total. The van der Waals surface area contributed by atoms with Gasteiger partial charge in [-0.25, -0.2) is 0 Å². The van der Waals surface area contributed by atoms with E-state index in [4.69, 9.17) is 17.0 Å². The monoisotopic (exact) mass is 513 g/mol. The molecule has 9 heteroatoms. The lowest BCUT2D eigenvalue weighted by molar-refractivity contribution is -0.384. The van der Waals surface area contributed by atoms with E-state index in [1.54, 1.807) is 18.3 Å². The van der Waals surface area contributed by atoms with Crippen molar-refractivity contribution in [3.05, 3.63) is 117 Å². The Morgan fingerprint density at radius 2 is 1.84 bits per heavy atom. The van der Waals surface area contributed by atoms with Gasteiger partial charge in [-0.1, -0.05) is 36.4 Å². The summed E-state index contributed by atoms with van der Waals surface area (Å²) in [5.74, 6) is 0.438. The average Bonchev–Trinajstić information content (AvgIpc) is 3.39. The van der Waals surface area contributed by atoms with E-state index < -0.39 is 0 Å². The lowest BCUT2D eigenvalue weighted by Gasteiger charge is -2.28. The molecule has 1 fully saturated rings. The van der Waals surface area contributed by atoms with E-state index in [1.165, 1.54) is 13.2 Å². The van der Waals surface area contributed by atoms with Crippen LogP contribution in [-0.4, -0.2) is 31.6 Å². The minimum absolute atomic E-state index is 0.0183. The second-order valence-electron chi connectivity index (χ2n) is 9.01. The number of ether oxygens (including phenoxy) is 1. The van der Waals surface area contributed by atoms with Crippen molar-refractivity contribution in [2.75, 3.05) is 7.11 Å². The molecule has 1 saturated heterocycles. The SMILES string of the molecule is COc1ccc(-n2c(C)cc([C@@H]3[C@@H](c4ccccn4)NC(=S)N3Cc3ccccc3)c2C)c([N+](=O)[O-])c1. The molecular formula is C28H27N5O3S. The van der Waals surface area contributed by atoms with Crippen LogP contribution in [0.2, 0.25) is 0 Å². The van der Waals surface area contributed by atoms with Crippen LogP contribution >= 0.6 is 12.2 Å². The summed E-state index contributed by atoms with van der Waals surface area (Å²) in [5, 5.41) is 16.1. The highest BCUT2D eigenvalue weighted by Gasteiger charge is 2.41. The number of methoxy groups -OCH3 is 1. The van der Waals surface area contributed by atoms with Crippen molar-refractivity contribution in [2.24, 2.45) is 0 Å². The van der Waals surface area contributed by atoms with Crippen LogP contribution in [0.1, 0.15) is 40.3 Å².